The number of hydrogen-bond acceptors (Lipinski definition) is 2. The molecular formula is C9H19IN2. The van der Waals surface area contributed by atoms with Crippen molar-refractivity contribution in [2.75, 3.05) is 37.2 Å². The molecule has 0 aromatic rings. The highest BCUT2D eigenvalue weighted by atomic mass is 127. The van der Waals surface area contributed by atoms with Crippen LogP contribution in [0.5, 0.6) is 0 Å². The topological polar surface area (TPSA) is 6.48 Å². The van der Waals surface area contributed by atoms with Crippen LogP contribution in [-0.4, -0.2) is 53.0 Å². The number of rotatable bonds is 3. The molecule has 1 fully saturated rings. The molecule has 1 unspecified atom stereocenters. The molecule has 0 saturated carbocycles. The van der Waals surface area contributed by atoms with E-state index < -0.39 is 0 Å². The van der Waals surface area contributed by atoms with Crippen LogP contribution in [0.1, 0.15) is 13.8 Å². The van der Waals surface area contributed by atoms with E-state index in [9.17, 15) is 0 Å². The lowest BCUT2D eigenvalue weighted by atomic mass is 10.2. The molecule has 0 N–H and O–H groups in total. The number of hydrogen-bond donors (Lipinski definition) is 0. The number of alkyl halides is 1. The molecule has 1 aliphatic heterocycles. The minimum Gasteiger partial charge on any atom is -0.301 e. The lowest BCUT2D eigenvalue weighted by Crippen LogP contribution is -2.52. The fourth-order valence-corrected chi connectivity index (χ4v) is 2.42. The van der Waals surface area contributed by atoms with Crippen molar-refractivity contribution in [3.63, 3.8) is 0 Å². The predicted octanol–water partition coefficient (Wildman–Crippen LogP) is 1.45. The predicted molar refractivity (Wildman–Crippen MR) is 62.0 cm³/mol. The third-order valence-electron chi connectivity index (χ3n) is 2.67. The van der Waals surface area contributed by atoms with Crippen LogP contribution >= 0.6 is 22.6 Å². The first-order valence-corrected chi connectivity index (χ1v) is 6.32. The zero-order valence-corrected chi connectivity index (χ0v) is 10.2. The van der Waals surface area contributed by atoms with Crippen molar-refractivity contribution in [1.82, 2.24) is 9.80 Å². The van der Waals surface area contributed by atoms with E-state index >= 15 is 0 Å². The number of likely N-dealkylation sites (N-methyl/N-ethyl adjacent to an activating group) is 1. The maximum absolute atomic E-state index is 2.60. The highest BCUT2D eigenvalue weighted by Gasteiger charge is 2.21. The Hall–Kier alpha value is 0.650. The molecule has 0 aromatic carbocycles. The summed E-state index contributed by atoms with van der Waals surface area (Å²) in [6, 6.07) is 0.758. The average molecular weight is 282 g/mol. The molecule has 1 atom stereocenters. The molecule has 3 heteroatoms. The van der Waals surface area contributed by atoms with Gasteiger partial charge in [0.05, 0.1) is 0 Å². The van der Waals surface area contributed by atoms with Crippen LogP contribution in [0.2, 0.25) is 0 Å². The highest BCUT2D eigenvalue weighted by molar-refractivity contribution is 14.1. The quantitative estimate of drug-likeness (QED) is 0.571. The minimum absolute atomic E-state index is 0.758. The molecule has 1 heterocycles. The summed E-state index contributed by atoms with van der Waals surface area (Å²) in [6.07, 6.45) is 0. The fraction of sp³-hybridized carbons (Fsp3) is 1.00. The summed E-state index contributed by atoms with van der Waals surface area (Å²) in [4.78, 5) is 5.13. The summed E-state index contributed by atoms with van der Waals surface area (Å²) in [6.45, 7) is 10.8. The van der Waals surface area contributed by atoms with E-state index in [-0.39, 0.29) is 0 Å². The molecule has 2 nitrogen and oxygen atoms in total. The van der Waals surface area contributed by atoms with Gasteiger partial charge < -0.3 is 4.90 Å². The van der Waals surface area contributed by atoms with Crippen molar-refractivity contribution in [2.24, 2.45) is 0 Å². The van der Waals surface area contributed by atoms with E-state index in [0.29, 0.717) is 0 Å². The molecule has 0 amide bonds. The van der Waals surface area contributed by atoms with Gasteiger partial charge in [0.2, 0.25) is 0 Å². The zero-order valence-electron chi connectivity index (χ0n) is 8.09. The highest BCUT2D eigenvalue weighted by Crippen LogP contribution is 2.08. The van der Waals surface area contributed by atoms with Crippen molar-refractivity contribution in [3.05, 3.63) is 0 Å². The summed E-state index contributed by atoms with van der Waals surface area (Å²) in [5.41, 5.74) is 0. The third kappa shape index (κ3) is 2.85. The largest absolute Gasteiger partial charge is 0.301 e. The Kier molecular flexibility index (Phi) is 4.82. The van der Waals surface area contributed by atoms with Crippen molar-refractivity contribution in [3.8, 4) is 0 Å². The maximum Gasteiger partial charge on any atom is 0.0195 e. The molecule has 0 aromatic heterocycles. The first kappa shape index (κ1) is 10.7. The van der Waals surface area contributed by atoms with Gasteiger partial charge in [-0.1, -0.05) is 29.5 Å². The van der Waals surface area contributed by atoms with E-state index in [2.05, 4.69) is 46.2 Å². The van der Waals surface area contributed by atoms with Crippen LogP contribution in [0.4, 0.5) is 0 Å². The standard InChI is InChI=1S/C9H19IN2/c1-3-11-6-7-12(5-4-10)9(2)8-11/h9H,3-8H2,1-2H3. The molecule has 1 saturated heterocycles. The maximum atomic E-state index is 2.60. The summed E-state index contributed by atoms with van der Waals surface area (Å²) in [7, 11) is 0. The Balaban J connectivity index is 2.31. The van der Waals surface area contributed by atoms with E-state index in [0.717, 1.165) is 6.04 Å². The second-order valence-corrected chi connectivity index (χ2v) is 4.55. The minimum atomic E-state index is 0.758. The second-order valence-electron chi connectivity index (χ2n) is 3.47. The normalized spacial score (nSPS) is 27.8. The molecule has 0 radical (unpaired) electrons. The van der Waals surface area contributed by atoms with Crippen molar-refractivity contribution in [1.29, 1.82) is 0 Å². The van der Waals surface area contributed by atoms with Gasteiger partial charge in [0, 0.05) is 36.6 Å². The third-order valence-corrected chi connectivity index (χ3v) is 3.15. The Morgan fingerprint density at radius 3 is 2.67 bits per heavy atom. The lowest BCUT2D eigenvalue weighted by molar-refractivity contribution is 0.0934. The summed E-state index contributed by atoms with van der Waals surface area (Å²) >= 11 is 2.46. The van der Waals surface area contributed by atoms with Gasteiger partial charge in [0.1, 0.15) is 0 Å². The Bertz CT molecular complexity index is 130. The van der Waals surface area contributed by atoms with Crippen LogP contribution in [0.15, 0.2) is 0 Å². The van der Waals surface area contributed by atoms with Gasteiger partial charge >= 0.3 is 0 Å². The van der Waals surface area contributed by atoms with Crippen molar-refractivity contribution in [2.45, 2.75) is 19.9 Å². The lowest BCUT2D eigenvalue weighted by Gasteiger charge is -2.39. The SMILES string of the molecule is CCN1CCN(CCI)C(C)C1. The first-order valence-electron chi connectivity index (χ1n) is 4.80. The van der Waals surface area contributed by atoms with Crippen LogP contribution < -0.4 is 0 Å². The Morgan fingerprint density at radius 2 is 2.17 bits per heavy atom. The van der Waals surface area contributed by atoms with Crippen LogP contribution in [-0.2, 0) is 0 Å². The van der Waals surface area contributed by atoms with E-state index in [4.69, 9.17) is 0 Å². The molecule has 0 bridgehead atoms. The fourth-order valence-electron chi connectivity index (χ4n) is 1.80. The van der Waals surface area contributed by atoms with Gasteiger partial charge in [-0.3, -0.25) is 4.90 Å². The van der Waals surface area contributed by atoms with Gasteiger partial charge in [-0.15, -0.1) is 0 Å². The molecular weight excluding hydrogens is 263 g/mol. The molecule has 0 spiro atoms. The van der Waals surface area contributed by atoms with Crippen molar-refractivity contribution >= 4 is 22.6 Å². The van der Waals surface area contributed by atoms with Crippen molar-refractivity contribution < 1.29 is 0 Å². The number of nitrogens with zero attached hydrogens (tertiary/aromatic N) is 2. The molecule has 72 valence electrons. The van der Waals surface area contributed by atoms with Gasteiger partial charge in [0.15, 0.2) is 0 Å². The molecule has 12 heavy (non-hydrogen) atoms. The smallest absolute Gasteiger partial charge is 0.0195 e. The van der Waals surface area contributed by atoms with Gasteiger partial charge in [0.25, 0.3) is 0 Å². The van der Waals surface area contributed by atoms with Crippen LogP contribution in [0, 0.1) is 0 Å². The van der Waals surface area contributed by atoms with Gasteiger partial charge in [-0.2, -0.15) is 0 Å². The summed E-state index contributed by atoms with van der Waals surface area (Å²) in [5.74, 6) is 0. The molecule has 0 aliphatic carbocycles. The van der Waals surface area contributed by atoms with Gasteiger partial charge in [-0.05, 0) is 13.5 Å². The number of halogens is 1. The monoisotopic (exact) mass is 282 g/mol. The number of piperazine rings is 1. The Morgan fingerprint density at radius 1 is 1.42 bits per heavy atom. The van der Waals surface area contributed by atoms with Crippen LogP contribution in [0.3, 0.4) is 0 Å². The summed E-state index contributed by atoms with van der Waals surface area (Å²) < 4.78 is 1.26. The van der Waals surface area contributed by atoms with Crippen LogP contribution in [0.25, 0.3) is 0 Å². The average Bonchev–Trinajstić information content (AvgIpc) is 2.09. The zero-order chi connectivity index (χ0) is 8.97. The second kappa shape index (κ2) is 5.40. The van der Waals surface area contributed by atoms with E-state index in [1.807, 2.05) is 0 Å². The summed E-state index contributed by atoms with van der Waals surface area (Å²) in [5, 5.41) is 0. The van der Waals surface area contributed by atoms with E-state index in [1.54, 1.807) is 0 Å². The Labute approximate surface area is 89.4 Å². The first-order chi connectivity index (χ1) is 5.77. The van der Waals surface area contributed by atoms with E-state index in [1.165, 1.54) is 37.2 Å². The van der Waals surface area contributed by atoms with Gasteiger partial charge in [-0.25, -0.2) is 0 Å². The molecule has 1 aliphatic rings. The molecule has 1 rings (SSSR count).